The molecule has 0 aliphatic rings. The van der Waals surface area contributed by atoms with E-state index in [1.807, 2.05) is 6.08 Å². The fourth-order valence-corrected chi connectivity index (χ4v) is 4.69. The van der Waals surface area contributed by atoms with Crippen LogP contribution in [0.25, 0.3) is 0 Å². The van der Waals surface area contributed by atoms with E-state index in [0.29, 0.717) is 12.8 Å². The molecule has 0 saturated heterocycles. The monoisotopic (exact) mass is 639 g/mol. The van der Waals surface area contributed by atoms with Gasteiger partial charge in [0.2, 0.25) is 5.91 Å². The summed E-state index contributed by atoms with van der Waals surface area (Å²) in [7, 11) is 0. The van der Waals surface area contributed by atoms with Crippen LogP contribution in [0, 0.1) is 0 Å². The summed E-state index contributed by atoms with van der Waals surface area (Å²) in [5.74, 6) is -1.37. The first-order chi connectivity index (χ1) is 22.5. The fraction of sp³-hybridized carbons (Fsp3) is 0.625. The molecule has 0 aliphatic carbocycles. The third-order valence-electron chi connectivity index (χ3n) is 7.35. The van der Waals surface area contributed by atoms with Gasteiger partial charge in [-0.05, 0) is 89.5 Å². The minimum absolute atomic E-state index is 0.122. The SMILES string of the molecule is CC/C=C\C/C=C\C/C=C\CCCCCC(=O)OC(/C=C\C/C=C\C/C=C\CCCCC)CCCCCCCC(=O)NCC(=O)O. The molecule has 0 rings (SSSR count). The van der Waals surface area contributed by atoms with Crippen LogP contribution in [-0.4, -0.2) is 35.6 Å². The summed E-state index contributed by atoms with van der Waals surface area (Å²) in [4.78, 5) is 34.8. The highest BCUT2D eigenvalue weighted by Crippen LogP contribution is 2.14. The van der Waals surface area contributed by atoms with Crippen molar-refractivity contribution in [2.24, 2.45) is 0 Å². The van der Waals surface area contributed by atoms with Crippen LogP contribution in [0.4, 0.5) is 0 Å². The highest BCUT2D eigenvalue weighted by Gasteiger charge is 2.11. The zero-order valence-electron chi connectivity index (χ0n) is 29.1. The highest BCUT2D eigenvalue weighted by atomic mass is 16.5. The van der Waals surface area contributed by atoms with Crippen molar-refractivity contribution in [2.75, 3.05) is 6.54 Å². The van der Waals surface area contributed by atoms with Crippen molar-refractivity contribution in [3.63, 3.8) is 0 Å². The molecule has 1 unspecified atom stereocenters. The van der Waals surface area contributed by atoms with E-state index in [9.17, 15) is 14.4 Å². The van der Waals surface area contributed by atoms with Gasteiger partial charge in [-0.15, -0.1) is 0 Å². The van der Waals surface area contributed by atoms with Crippen LogP contribution < -0.4 is 5.32 Å². The molecule has 46 heavy (non-hydrogen) atoms. The Balaban J connectivity index is 4.42. The van der Waals surface area contributed by atoms with Gasteiger partial charge in [0.05, 0.1) is 0 Å². The molecule has 0 radical (unpaired) electrons. The predicted molar refractivity (Wildman–Crippen MR) is 194 cm³/mol. The van der Waals surface area contributed by atoms with E-state index < -0.39 is 5.97 Å². The maximum atomic E-state index is 12.6. The Morgan fingerprint density at radius 3 is 1.76 bits per heavy atom. The number of allylic oxidation sites excluding steroid dienone is 11. The molecule has 0 heterocycles. The average molecular weight is 640 g/mol. The number of ether oxygens (including phenoxy) is 1. The van der Waals surface area contributed by atoms with Gasteiger partial charge in [-0.2, -0.15) is 0 Å². The van der Waals surface area contributed by atoms with Crippen LogP contribution in [0.2, 0.25) is 0 Å². The van der Waals surface area contributed by atoms with Crippen molar-refractivity contribution in [3.05, 3.63) is 72.9 Å². The second-order valence-electron chi connectivity index (χ2n) is 11.7. The number of carbonyl (C=O) groups excluding carboxylic acids is 2. The van der Waals surface area contributed by atoms with Gasteiger partial charge in [-0.3, -0.25) is 14.4 Å². The van der Waals surface area contributed by atoms with E-state index in [1.165, 1.54) is 19.3 Å². The minimum atomic E-state index is -1.03. The number of amides is 1. The molecule has 0 aliphatic heterocycles. The molecular formula is C40H65NO5. The number of hydrogen-bond donors (Lipinski definition) is 2. The van der Waals surface area contributed by atoms with Gasteiger partial charge >= 0.3 is 11.9 Å². The number of nitrogens with one attached hydrogen (secondary N) is 1. The third-order valence-corrected chi connectivity index (χ3v) is 7.35. The van der Waals surface area contributed by atoms with Crippen molar-refractivity contribution >= 4 is 17.8 Å². The number of rotatable bonds is 31. The van der Waals surface area contributed by atoms with E-state index in [2.05, 4.69) is 86.0 Å². The molecule has 0 spiro atoms. The Hall–Kier alpha value is -3.15. The molecule has 1 atom stereocenters. The van der Waals surface area contributed by atoms with Gasteiger partial charge < -0.3 is 15.2 Å². The van der Waals surface area contributed by atoms with Crippen molar-refractivity contribution in [2.45, 2.75) is 155 Å². The molecule has 0 aromatic heterocycles. The molecule has 6 nitrogen and oxygen atoms in total. The molecular weight excluding hydrogens is 574 g/mol. The van der Waals surface area contributed by atoms with E-state index in [4.69, 9.17) is 9.84 Å². The lowest BCUT2D eigenvalue weighted by Gasteiger charge is -2.14. The molecule has 260 valence electrons. The molecule has 6 heteroatoms. The van der Waals surface area contributed by atoms with Gasteiger partial charge in [0, 0.05) is 12.8 Å². The Morgan fingerprint density at radius 2 is 1.13 bits per heavy atom. The van der Waals surface area contributed by atoms with Crippen LogP contribution in [0.15, 0.2) is 72.9 Å². The summed E-state index contributed by atoms with van der Waals surface area (Å²) >= 11 is 0. The lowest BCUT2D eigenvalue weighted by Crippen LogP contribution is -2.28. The average Bonchev–Trinajstić information content (AvgIpc) is 3.04. The number of aliphatic carboxylic acids is 1. The Morgan fingerprint density at radius 1 is 0.609 bits per heavy atom. The first-order valence-corrected chi connectivity index (χ1v) is 18.1. The van der Waals surface area contributed by atoms with Gasteiger partial charge in [0.1, 0.15) is 12.6 Å². The molecule has 0 bridgehead atoms. The van der Waals surface area contributed by atoms with Gasteiger partial charge in [-0.25, -0.2) is 0 Å². The lowest BCUT2D eigenvalue weighted by atomic mass is 10.1. The van der Waals surface area contributed by atoms with Crippen molar-refractivity contribution < 1.29 is 24.2 Å². The quantitative estimate of drug-likeness (QED) is 0.0447. The van der Waals surface area contributed by atoms with Crippen LogP contribution in [-0.2, 0) is 19.1 Å². The first kappa shape index (κ1) is 42.9. The fourth-order valence-electron chi connectivity index (χ4n) is 4.69. The summed E-state index contributed by atoms with van der Waals surface area (Å²) in [5.41, 5.74) is 0. The second-order valence-corrected chi connectivity index (χ2v) is 11.7. The summed E-state index contributed by atoms with van der Waals surface area (Å²) < 4.78 is 5.87. The van der Waals surface area contributed by atoms with Crippen LogP contribution in [0.3, 0.4) is 0 Å². The van der Waals surface area contributed by atoms with Gasteiger partial charge in [0.25, 0.3) is 0 Å². The highest BCUT2D eigenvalue weighted by molar-refractivity contribution is 5.80. The van der Waals surface area contributed by atoms with Crippen LogP contribution in [0.1, 0.15) is 149 Å². The number of carboxylic acid groups (broad SMARTS) is 1. The Bertz CT molecular complexity index is 928. The number of carbonyl (C=O) groups is 3. The number of esters is 1. The summed E-state index contributed by atoms with van der Waals surface area (Å²) in [6.07, 6.45) is 46.0. The van der Waals surface area contributed by atoms with E-state index in [-0.39, 0.29) is 24.5 Å². The third kappa shape index (κ3) is 33.7. The van der Waals surface area contributed by atoms with Gasteiger partial charge in [-0.1, -0.05) is 119 Å². The van der Waals surface area contributed by atoms with Crippen molar-refractivity contribution in [1.29, 1.82) is 0 Å². The zero-order valence-corrected chi connectivity index (χ0v) is 29.1. The Labute approximate surface area is 281 Å². The lowest BCUT2D eigenvalue weighted by molar-refractivity contribution is -0.147. The molecule has 0 fully saturated rings. The minimum Gasteiger partial charge on any atom is -0.480 e. The smallest absolute Gasteiger partial charge is 0.322 e. The van der Waals surface area contributed by atoms with E-state index >= 15 is 0 Å². The zero-order chi connectivity index (χ0) is 33.8. The maximum absolute atomic E-state index is 12.6. The maximum Gasteiger partial charge on any atom is 0.322 e. The first-order valence-electron chi connectivity index (χ1n) is 18.1. The largest absolute Gasteiger partial charge is 0.480 e. The van der Waals surface area contributed by atoms with Crippen LogP contribution in [0.5, 0.6) is 0 Å². The standard InChI is InChI=1S/C40H65NO5/c1-3-5-7-9-11-13-15-16-18-20-22-27-31-35-40(45)46-37(32-28-24-21-19-17-14-12-10-8-6-4-2)33-29-25-23-26-30-34-38(42)41-36-39(43)44/h5,7,11-14,16,18-19,21,28,32,37H,3-4,6,8-10,15,17,20,22-27,29-31,33-36H2,1-2H3,(H,41,42)(H,43,44)/b7-5-,13-11-,14-12-,18-16-,21-19-,32-28-. The van der Waals surface area contributed by atoms with E-state index in [0.717, 1.165) is 103 Å². The molecule has 0 saturated carbocycles. The molecule has 1 amide bonds. The summed E-state index contributed by atoms with van der Waals surface area (Å²) in [6.45, 7) is 4.04. The number of carboxylic acids is 1. The molecule has 0 aromatic carbocycles. The second kappa shape index (κ2) is 34.7. The van der Waals surface area contributed by atoms with E-state index in [1.54, 1.807) is 0 Å². The summed E-state index contributed by atoms with van der Waals surface area (Å²) in [6, 6.07) is 0. The van der Waals surface area contributed by atoms with Crippen LogP contribution >= 0.6 is 0 Å². The summed E-state index contributed by atoms with van der Waals surface area (Å²) in [5, 5.41) is 11.0. The Kier molecular flexibility index (Phi) is 32.3. The molecule has 2 N–H and O–H groups in total. The molecule has 0 aromatic rings. The topological polar surface area (TPSA) is 92.7 Å². The van der Waals surface area contributed by atoms with Crippen molar-refractivity contribution in [1.82, 2.24) is 5.32 Å². The van der Waals surface area contributed by atoms with Crippen molar-refractivity contribution in [3.8, 4) is 0 Å². The predicted octanol–water partition coefficient (Wildman–Crippen LogP) is 10.7. The normalized spacial score (nSPS) is 12.9. The van der Waals surface area contributed by atoms with Gasteiger partial charge in [0.15, 0.2) is 0 Å². The number of unbranched alkanes of at least 4 members (excludes halogenated alkanes) is 10. The number of hydrogen-bond acceptors (Lipinski definition) is 4.